The summed E-state index contributed by atoms with van der Waals surface area (Å²) < 4.78 is 17.9. The molecule has 4 aliphatic heterocycles. The Balaban J connectivity index is 1.72. The van der Waals surface area contributed by atoms with Gasteiger partial charge in [0, 0.05) is 12.3 Å². The second kappa shape index (κ2) is 5.51. The molecule has 6 heteroatoms. The number of ether oxygens (including phenoxy) is 3. The van der Waals surface area contributed by atoms with E-state index in [-0.39, 0.29) is 19.1 Å². The summed E-state index contributed by atoms with van der Waals surface area (Å²) in [5.41, 5.74) is 0.230. The van der Waals surface area contributed by atoms with Gasteiger partial charge in [0.05, 0.1) is 13.2 Å². The van der Waals surface area contributed by atoms with Crippen molar-refractivity contribution in [3.05, 3.63) is 12.2 Å². The van der Waals surface area contributed by atoms with Gasteiger partial charge in [0.1, 0.15) is 0 Å². The summed E-state index contributed by atoms with van der Waals surface area (Å²) in [6, 6.07) is 0. The molecule has 5 aliphatic rings. The molecule has 4 saturated heterocycles. The monoisotopic (exact) mass is 326 g/mol. The molecular formula is C17H26O6. The molecule has 0 amide bonds. The SMILES string of the molecule is C=C1[C@@H](OCCO)O[C@@H]2O[C@]3(C)CC[C@H]4[C@H](C)CC[C@@H]1[C@@]24OO3. The Hall–Kier alpha value is -0.500. The number of hydrogen-bond acceptors (Lipinski definition) is 6. The molecule has 23 heavy (non-hydrogen) atoms. The average Bonchev–Trinajstić information content (AvgIpc) is 2.76. The highest BCUT2D eigenvalue weighted by atomic mass is 17.3. The normalized spacial score (nSPS) is 52.1. The van der Waals surface area contributed by atoms with E-state index in [0.29, 0.717) is 11.8 Å². The van der Waals surface area contributed by atoms with Crippen molar-refractivity contribution < 1.29 is 29.1 Å². The highest BCUT2D eigenvalue weighted by molar-refractivity contribution is 5.21. The molecular weight excluding hydrogens is 300 g/mol. The molecule has 1 saturated carbocycles. The van der Waals surface area contributed by atoms with Gasteiger partial charge >= 0.3 is 0 Å². The Morgan fingerprint density at radius 2 is 2.13 bits per heavy atom. The van der Waals surface area contributed by atoms with Crippen LogP contribution in [0.5, 0.6) is 0 Å². The van der Waals surface area contributed by atoms with Gasteiger partial charge in [-0.25, -0.2) is 9.78 Å². The fraction of sp³-hybridized carbons (Fsp3) is 0.882. The van der Waals surface area contributed by atoms with Crippen LogP contribution in [0.3, 0.4) is 0 Å². The van der Waals surface area contributed by atoms with E-state index in [4.69, 9.17) is 29.1 Å². The van der Waals surface area contributed by atoms with Gasteiger partial charge in [0.15, 0.2) is 18.2 Å². The Morgan fingerprint density at radius 3 is 2.91 bits per heavy atom. The molecule has 7 atom stereocenters. The summed E-state index contributed by atoms with van der Waals surface area (Å²) in [5, 5.41) is 9.03. The summed E-state index contributed by atoms with van der Waals surface area (Å²) in [6.07, 6.45) is 2.75. The van der Waals surface area contributed by atoms with Gasteiger partial charge in [-0.05, 0) is 43.6 Å². The fourth-order valence-corrected chi connectivity index (χ4v) is 4.86. The van der Waals surface area contributed by atoms with Crippen molar-refractivity contribution in [2.75, 3.05) is 13.2 Å². The minimum Gasteiger partial charge on any atom is -0.394 e. The minimum atomic E-state index is -0.780. The van der Waals surface area contributed by atoms with Crippen LogP contribution in [0.15, 0.2) is 12.2 Å². The molecule has 0 aromatic rings. The third-order valence-corrected chi connectivity index (χ3v) is 6.08. The lowest BCUT2D eigenvalue weighted by Crippen LogP contribution is -2.69. The zero-order valence-electron chi connectivity index (χ0n) is 13.8. The summed E-state index contributed by atoms with van der Waals surface area (Å²) in [5.74, 6) is 0.130. The van der Waals surface area contributed by atoms with Crippen molar-refractivity contribution in [3.8, 4) is 0 Å². The van der Waals surface area contributed by atoms with Crippen LogP contribution < -0.4 is 0 Å². The van der Waals surface area contributed by atoms with E-state index in [2.05, 4.69) is 13.5 Å². The zero-order chi connectivity index (χ0) is 16.2. The molecule has 0 unspecified atom stereocenters. The van der Waals surface area contributed by atoms with Gasteiger partial charge in [-0.1, -0.05) is 13.5 Å². The van der Waals surface area contributed by atoms with Crippen LogP contribution in [0.1, 0.15) is 39.5 Å². The quantitative estimate of drug-likeness (QED) is 0.633. The first kappa shape index (κ1) is 16.0. The Labute approximate surface area is 136 Å². The van der Waals surface area contributed by atoms with Crippen molar-refractivity contribution in [1.82, 2.24) is 0 Å². The first-order chi connectivity index (χ1) is 11.0. The van der Waals surface area contributed by atoms with E-state index in [1.54, 1.807) is 0 Å². The fourth-order valence-electron chi connectivity index (χ4n) is 4.86. The maximum absolute atomic E-state index is 9.03. The molecule has 0 aromatic carbocycles. The van der Waals surface area contributed by atoms with E-state index in [0.717, 1.165) is 31.3 Å². The molecule has 6 nitrogen and oxygen atoms in total. The van der Waals surface area contributed by atoms with Gasteiger partial charge in [0.25, 0.3) is 0 Å². The molecule has 0 radical (unpaired) electrons. The summed E-state index contributed by atoms with van der Waals surface area (Å²) in [7, 11) is 0. The van der Waals surface area contributed by atoms with Crippen molar-refractivity contribution in [2.45, 2.75) is 63.5 Å². The molecule has 5 rings (SSSR count). The van der Waals surface area contributed by atoms with Crippen LogP contribution in [-0.4, -0.2) is 42.3 Å². The Kier molecular flexibility index (Phi) is 3.83. The summed E-state index contributed by atoms with van der Waals surface area (Å²) in [6.45, 7) is 8.55. The molecule has 2 bridgehead atoms. The third-order valence-electron chi connectivity index (χ3n) is 6.08. The van der Waals surface area contributed by atoms with E-state index in [1.165, 1.54) is 0 Å². The molecule has 130 valence electrons. The Morgan fingerprint density at radius 1 is 1.30 bits per heavy atom. The lowest BCUT2D eigenvalue weighted by Gasteiger charge is -2.58. The zero-order valence-corrected chi connectivity index (χ0v) is 13.8. The van der Waals surface area contributed by atoms with E-state index < -0.39 is 24.0 Å². The maximum atomic E-state index is 9.03. The van der Waals surface area contributed by atoms with E-state index >= 15 is 0 Å². The van der Waals surface area contributed by atoms with Crippen molar-refractivity contribution in [1.29, 1.82) is 0 Å². The minimum absolute atomic E-state index is 0.0501. The highest BCUT2D eigenvalue weighted by Gasteiger charge is 2.68. The van der Waals surface area contributed by atoms with Crippen LogP contribution in [0.25, 0.3) is 0 Å². The van der Waals surface area contributed by atoms with Crippen LogP contribution in [0.4, 0.5) is 0 Å². The largest absolute Gasteiger partial charge is 0.394 e. The predicted octanol–water partition coefficient (Wildman–Crippen LogP) is 2.12. The van der Waals surface area contributed by atoms with Crippen molar-refractivity contribution in [2.24, 2.45) is 17.8 Å². The van der Waals surface area contributed by atoms with Gasteiger partial charge in [0.2, 0.25) is 5.79 Å². The lowest BCUT2D eigenvalue weighted by atomic mass is 9.59. The molecule has 5 fully saturated rings. The third kappa shape index (κ3) is 2.23. The topological polar surface area (TPSA) is 66.4 Å². The molecule has 4 heterocycles. The standard InChI is InChI=1S/C17H26O6/c1-10-4-5-13-11(2)14(19-9-8-18)20-15-17(13)12(10)6-7-16(3,21-15)22-23-17/h10,12-15,18H,2,4-9H2,1,3H3/t10-,12+,13+,14+,15-,16+,17-/m1/s1. The van der Waals surface area contributed by atoms with E-state index in [9.17, 15) is 0 Å². The van der Waals surface area contributed by atoms with Crippen LogP contribution in [0, 0.1) is 17.8 Å². The number of hydrogen-bond donors (Lipinski definition) is 1. The van der Waals surface area contributed by atoms with Gasteiger partial charge < -0.3 is 19.3 Å². The van der Waals surface area contributed by atoms with Crippen LogP contribution in [-0.2, 0) is 24.0 Å². The molecule has 1 spiro atoms. The van der Waals surface area contributed by atoms with Crippen molar-refractivity contribution >= 4 is 0 Å². The number of rotatable bonds is 3. The summed E-state index contributed by atoms with van der Waals surface area (Å²) >= 11 is 0. The second-order valence-corrected chi connectivity index (χ2v) is 7.49. The lowest BCUT2D eigenvalue weighted by molar-refractivity contribution is -0.567. The first-order valence-corrected chi connectivity index (χ1v) is 8.61. The number of aliphatic hydroxyl groups excluding tert-OH is 1. The summed E-state index contributed by atoms with van der Waals surface area (Å²) in [4.78, 5) is 11.7. The second-order valence-electron chi connectivity index (χ2n) is 7.49. The first-order valence-electron chi connectivity index (χ1n) is 8.61. The maximum Gasteiger partial charge on any atom is 0.201 e. The van der Waals surface area contributed by atoms with E-state index in [1.807, 2.05) is 6.92 Å². The van der Waals surface area contributed by atoms with Gasteiger partial charge in [-0.2, -0.15) is 0 Å². The number of fused-ring (bicyclic) bond motifs is 2. The predicted molar refractivity (Wildman–Crippen MR) is 79.8 cm³/mol. The number of aliphatic hydroxyl groups is 1. The average molecular weight is 326 g/mol. The molecule has 1 aliphatic carbocycles. The Bertz CT molecular complexity index is 495. The highest BCUT2D eigenvalue weighted by Crippen LogP contribution is 2.60. The molecule has 1 N–H and O–H groups in total. The van der Waals surface area contributed by atoms with Crippen molar-refractivity contribution in [3.63, 3.8) is 0 Å². The van der Waals surface area contributed by atoms with Crippen LogP contribution >= 0.6 is 0 Å². The van der Waals surface area contributed by atoms with Gasteiger partial charge in [-0.3, -0.25) is 0 Å². The molecule has 0 aromatic heterocycles. The van der Waals surface area contributed by atoms with Crippen LogP contribution in [0.2, 0.25) is 0 Å². The smallest absolute Gasteiger partial charge is 0.201 e. The van der Waals surface area contributed by atoms with Gasteiger partial charge in [-0.15, -0.1) is 0 Å².